The Hall–Kier alpha value is -2.64. The second-order valence-electron chi connectivity index (χ2n) is 7.18. The largest absolute Gasteiger partial charge is 0.351 e. The standard InChI is InChI=1S/C21H21N3O/c22-12-16-5-7-17(8-6-16)14-24-10-9-21(15-24)11-18-3-1-2-4-19(18)13-23-20(21)25/h1-8H,9-11,13-15H2,(H,23,25). The highest BCUT2D eigenvalue weighted by Gasteiger charge is 2.45. The van der Waals surface area contributed by atoms with Crippen molar-refractivity contribution in [3.05, 3.63) is 70.8 Å². The van der Waals surface area contributed by atoms with Gasteiger partial charge in [-0.05, 0) is 48.2 Å². The second-order valence-corrected chi connectivity index (χ2v) is 7.18. The topological polar surface area (TPSA) is 56.1 Å². The minimum Gasteiger partial charge on any atom is -0.351 e. The maximum Gasteiger partial charge on any atom is 0.228 e. The quantitative estimate of drug-likeness (QED) is 0.920. The molecule has 1 saturated heterocycles. The summed E-state index contributed by atoms with van der Waals surface area (Å²) in [5, 5.41) is 12.0. The summed E-state index contributed by atoms with van der Waals surface area (Å²) >= 11 is 0. The Morgan fingerprint density at radius 2 is 1.88 bits per heavy atom. The van der Waals surface area contributed by atoms with Crippen LogP contribution in [0.1, 0.15) is 28.7 Å². The minimum atomic E-state index is -0.320. The number of rotatable bonds is 2. The monoisotopic (exact) mass is 331 g/mol. The molecule has 0 saturated carbocycles. The van der Waals surface area contributed by atoms with Gasteiger partial charge in [-0.1, -0.05) is 36.4 Å². The van der Waals surface area contributed by atoms with Crippen molar-refractivity contribution in [2.75, 3.05) is 13.1 Å². The highest BCUT2D eigenvalue weighted by Crippen LogP contribution is 2.37. The summed E-state index contributed by atoms with van der Waals surface area (Å²) in [5.41, 5.74) is 4.07. The SMILES string of the molecule is N#Cc1ccc(CN2CCC3(Cc4ccccc4CNC3=O)C2)cc1. The molecule has 1 atom stereocenters. The lowest BCUT2D eigenvalue weighted by molar-refractivity contribution is -0.130. The first kappa shape index (κ1) is 15.9. The highest BCUT2D eigenvalue weighted by molar-refractivity contribution is 5.84. The number of carbonyl (C=O) groups excluding carboxylic acids is 1. The maximum atomic E-state index is 12.8. The lowest BCUT2D eigenvalue weighted by Crippen LogP contribution is -2.42. The third-order valence-electron chi connectivity index (χ3n) is 5.49. The molecule has 25 heavy (non-hydrogen) atoms. The number of hydrogen-bond donors (Lipinski definition) is 1. The summed E-state index contributed by atoms with van der Waals surface area (Å²) in [5.74, 6) is 0.186. The first-order valence-electron chi connectivity index (χ1n) is 8.75. The van der Waals surface area contributed by atoms with Crippen LogP contribution in [0.4, 0.5) is 0 Å². The van der Waals surface area contributed by atoms with Crippen molar-refractivity contribution < 1.29 is 4.79 Å². The van der Waals surface area contributed by atoms with Gasteiger partial charge in [0.2, 0.25) is 5.91 Å². The van der Waals surface area contributed by atoms with E-state index in [0.717, 1.165) is 32.5 Å². The predicted molar refractivity (Wildman–Crippen MR) is 95.5 cm³/mol. The predicted octanol–water partition coefficient (Wildman–Crippen LogP) is 2.62. The molecular weight excluding hydrogens is 310 g/mol. The normalized spacial score (nSPS) is 22.9. The van der Waals surface area contributed by atoms with E-state index in [-0.39, 0.29) is 11.3 Å². The second kappa shape index (κ2) is 6.34. The van der Waals surface area contributed by atoms with Crippen LogP contribution in [-0.2, 0) is 24.3 Å². The number of likely N-dealkylation sites (tertiary alicyclic amines) is 1. The Morgan fingerprint density at radius 1 is 1.12 bits per heavy atom. The Bertz CT molecular complexity index is 837. The Balaban J connectivity index is 1.51. The number of carbonyl (C=O) groups is 1. The Kier molecular flexibility index (Phi) is 4.03. The van der Waals surface area contributed by atoms with Crippen molar-refractivity contribution in [3.63, 3.8) is 0 Å². The first-order valence-corrected chi connectivity index (χ1v) is 8.75. The summed E-state index contributed by atoms with van der Waals surface area (Å²) in [4.78, 5) is 15.2. The van der Waals surface area contributed by atoms with Gasteiger partial charge >= 0.3 is 0 Å². The lowest BCUT2D eigenvalue weighted by atomic mass is 9.80. The average Bonchev–Trinajstić information content (AvgIpc) is 2.99. The zero-order chi connectivity index (χ0) is 17.3. The summed E-state index contributed by atoms with van der Waals surface area (Å²) in [7, 11) is 0. The van der Waals surface area contributed by atoms with Crippen molar-refractivity contribution in [2.45, 2.75) is 25.9 Å². The van der Waals surface area contributed by atoms with Crippen LogP contribution in [0, 0.1) is 16.7 Å². The van der Waals surface area contributed by atoms with Crippen LogP contribution in [0.2, 0.25) is 0 Å². The Labute approximate surface area is 148 Å². The van der Waals surface area contributed by atoms with E-state index in [0.29, 0.717) is 12.1 Å². The average molecular weight is 331 g/mol. The number of nitriles is 1. The van der Waals surface area contributed by atoms with E-state index in [9.17, 15) is 4.79 Å². The van der Waals surface area contributed by atoms with Crippen LogP contribution in [-0.4, -0.2) is 23.9 Å². The molecule has 2 aromatic carbocycles. The van der Waals surface area contributed by atoms with Crippen molar-refractivity contribution in [1.29, 1.82) is 5.26 Å². The van der Waals surface area contributed by atoms with Crippen LogP contribution in [0.15, 0.2) is 48.5 Å². The van der Waals surface area contributed by atoms with E-state index in [1.807, 2.05) is 30.3 Å². The van der Waals surface area contributed by atoms with Gasteiger partial charge in [0, 0.05) is 19.6 Å². The van der Waals surface area contributed by atoms with Gasteiger partial charge in [-0.2, -0.15) is 5.26 Å². The summed E-state index contributed by atoms with van der Waals surface area (Å²) in [6, 6.07) is 18.2. The molecule has 1 spiro atoms. The molecule has 126 valence electrons. The van der Waals surface area contributed by atoms with E-state index in [2.05, 4.69) is 34.5 Å². The molecule has 2 aromatic rings. The molecular formula is C21H21N3O. The van der Waals surface area contributed by atoms with Gasteiger partial charge in [0.25, 0.3) is 0 Å². The number of hydrogen-bond acceptors (Lipinski definition) is 3. The fourth-order valence-corrected chi connectivity index (χ4v) is 4.08. The molecule has 1 N–H and O–H groups in total. The van der Waals surface area contributed by atoms with Crippen molar-refractivity contribution in [3.8, 4) is 6.07 Å². The molecule has 1 fully saturated rings. The van der Waals surface area contributed by atoms with Crippen LogP contribution in [0.25, 0.3) is 0 Å². The molecule has 0 radical (unpaired) electrons. The highest BCUT2D eigenvalue weighted by atomic mass is 16.2. The number of nitrogens with one attached hydrogen (secondary N) is 1. The van der Waals surface area contributed by atoms with E-state index < -0.39 is 0 Å². The molecule has 2 heterocycles. The van der Waals surface area contributed by atoms with Crippen LogP contribution < -0.4 is 5.32 Å². The third kappa shape index (κ3) is 3.04. The van der Waals surface area contributed by atoms with E-state index in [1.54, 1.807) is 0 Å². The molecule has 1 amide bonds. The zero-order valence-corrected chi connectivity index (χ0v) is 14.2. The third-order valence-corrected chi connectivity index (χ3v) is 5.49. The van der Waals surface area contributed by atoms with E-state index >= 15 is 0 Å². The number of benzene rings is 2. The molecule has 4 heteroatoms. The molecule has 2 aliphatic heterocycles. The number of nitrogens with zero attached hydrogens (tertiary/aromatic N) is 2. The zero-order valence-electron chi connectivity index (χ0n) is 14.2. The van der Waals surface area contributed by atoms with Crippen molar-refractivity contribution in [2.24, 2.45) is 5.41 Å². The molecule has 0 aliphatic carbocycles. The molecule has 2 aliphatic rings. The first-order chi connectivity index (χ1) is 12.2. The maximum absolute atomic E-state index is 12.8. The van der Waals surface area contributed by atoms with E-state index in [1.165, 1.54) is 16.7 Å². The fourth-order valence-electron chi connectivity index (χ4n) is 4.08. The van der Waals surface area contributed by atoms with Crippen LogP contribution in [0.5, 0.6) is 0 Å². The summed E-state index contributed by atoms with van der Waals surface area (Å²) < 4.78 is 0. The lowest BCUT2D eigenvalue weighted by Gasteiger charge is -2.26. The fraction of sp³-hybridized carbons (Fsp3) is 0.333. The minimum absolute atomic E-state index is 0.186. The molecule has 0 aromatic heterocycles. The van der Waals surface area contributed by atoms with Gasteiger partial charge in [-0.3, -0.25) is 9.69 Å². The van der Waals surface area contributed by atoms with Gasteiger partial charge in [-0.25, -0.2) is 0 Å². The summed E-state index contributed by atoms with van der Waals surface area (Å²) in [6.45, 7) is 3.16. The van der Waals surface area contributed by atoms with Crippen LogP contribution >= 0.6 is 0 Å². The van der Waals surface area contributed by atoms with E-state index in [4.69, 9.17) is 5.26 Å². The van der Waals surface area contributed by atoms with Gasteiger partial charge in [0.05, 0.1) is 17.0 Å². The van der Waals surface area contributed by atoms with Crippen molar-refractivity contribution in [1.82, 2.24) is 10.2 Å². The van der Waals surface area contributed by atoms with Crippen LogP contribution in [0.3, 0.4) is 0 Å². The molecule has 4 nitrogen and oxygen atoms in total. The molecule has 1 unspecified atom stereocenters. The van der Waals surface area contributed by atoms with Gasteiger partial charge in [-0.15, -0.1) is 0 Å². The molecule has 4 rings (SSSR count). The smallest absolute Gasteiger partial charge is 0.228 e. The van der Waals surface area contributed by atoms with Gasteiger partial charge < -0.3 is 5.32 Å². The van der Waals surface area contributed by atoms with Crippen molar-refractivity contribution >= 4 is 5.91 Å². The van der Waals surface area contributed by atoms with Gasteiger partial charge in [0.1, 0.15) is 0 Å². The number of amides is 1. The number of fused-ring (bicyclic) bond motifs is 1. The summed E-state index contributed by atoms with van der Waals surface area (Å²) in [6.07, 6.45) is 1.71. The Morgan fingerprint density at radius 3 is 2.64 bits per heavy atom. The van der Waals surface area contributed by atoms with Gasteiger partial charge in [0.15, 0.2) is 0 Å². The molecule has 0 bridgehead atoms.